The smallest absolute Gasteiger partial charge is 0.339 e. The second kappa shape index (κ2) is 9.51. The Morgan fingerprint density at radius 1 is 1.16 bits per heavy atom. The number of nitrogens with zero attached hydrogens (tertiary/aromatic N) is 1. The van der Waals surface area contributed by atoms with Crippen molar-refractivity contribution >= 4 is 69.1 Å². The van der Waals surface area contributed by atoms with Crippen molar-refractivity contribution in [3.63, 3.8) is 0 Å². The van der Waals surface area contributed by atoms with Crippen LogP contribution >= 0.6 is 46.0 Å². The lowest BCUT2D eigenvalue weighted by Crippen LogP contribution is -2.27. The molecule has 0 spiro atoms. The molecular weight excluding hydrogens is 565 g/mol. The molecule has 2 aromatic carbocycles. The molecule has 1 saturated heterocycles. The molecule has 0 saturated carbocycles. The quantitative estimate of drug-likeness (QED) is 0.203. The highest BCUT2D eigenvalue weighted by Gasteiger charge is 2.35. The van der Waals surface area contributed by atoms with E-state index in [1.54, 1.807) is 36.4 Å². The summed E-state index contributed by atoms with van der Waals surface area (Å²) in [7, 11) is 1.28. The molecule has 1 aliphatic rings. The molecule has 1 aliphatic heterocycles. The average Bonchev–Trinajstić information content (AvgIpc) is 3.35. The number of rotatable bonds is 5. The highest BCUT2D eigenvalue weighted by Crippen LogP contribution is 2.34. The first-order valence-corrected chi connectivity index (χ1v) is 11.6. The number of ether oxygens (including phenoxy) is 1. The van der Waals surface area contributed by atoms with Gasteiger partial charge < -0.3 is 9.15 Å². The van der Waals surface area contributed by atoms with Gasteiger partial charge in [0.05, 0.1) is 29.1 Å². The van der Waals surface area contributed by atoms with Crippen LogP contribution in [-0.2, 0) is 16.1 Å². The summed E-state index contributed by atoms with van der Waals surface area (Å²) < 4.78 is 11.6. The molecule has 1 aromatic heterocycles. The summed E-state index contributed by atoms with van der Waals surface area (Å²) in [6, 6.07) is 15.9. The van der Waals surface area contributed by atoms with Crippen LogP contribution in [0.1, 0.15) is 21.7 Å². The summed E-state index contributed by atoms with van der Waals surface area (Å²) in [5.74, 6) is -0.0214. The minimum absolute atomic E-state index is 0.212. The monoisotopic (exact) mass is 579 g/mol. The molecular formula is C23H15ClINO5S. The number of carbonyl (C=O) groups excluding carboxylic acids is 3. The lowest BCUT2D eigenvalue weighted by atomic mass is 10.1. The molecule has 3 aromatic rings. The van der Waals surface area contributed by atoms with Crippen LogP contribution in [0, 0.1) is 3.57 Å². The van der Waals surface area contributed by atoms with Gasteiger partial charge in [-0.05, 0) is 82.4 Å². The Balaban J connectivity index is 1.54. The molecule has 1 fully saturated rings. The number of hydrogen-bond donors (Lipinski definition) is 0. The number of imide groups is 1. The van der Waals surface area contributed by atoms with Gasteiger partial charge >= 0.3 is 5.97 Å². The molecule has 0 bridgehead atoms. The number of amides is 2. The third kappa shape index (κ3) is 4.77. The van der Waals surface area contributed by atoms with Gasteiger partial charge in [0.2, 0.25) is 0 Å². The van der Waals surface area contributed by atoms with Gasteiger partial charge in [-0.25, -0.2) is 4.79 Å². The SMILES string of the molecule is COC(=O)c1cc(-c2ccc(/C=C3\SC(=O)N(Cc4ccc(I)cc4)C3=O)o2)ccc1Cl. The van der Waals surface area contributed by atoms with Crippen molar-refractivity contribution < 1.29 is 23.5 Å². The number of thioether (sulfide) groups is 1. The Morgan fingerprint density at radius 3 is 2.62 bits per heavy atom. The zero-order valence-corrected chi connectivity index (χ0v) is 20.4. The van der Waals surface area contributed by atoms with Crippen LogP contribution in [0.5, 0.6) is 0 Å². The van der Waals surface area contributed by atoms with Crippen molar-refractivity contribution in [2.45, 2.75) is 6.54 Å². The minimum atomic E-state index is -0.551. The Bertz CT molecular complexity index is 1250. The summed E-state index contributed by atoms with van der Waals surface area (Å²) >= 11 is 9.14. The van der Waals surface area contributed by atoms with Gasteiger partial charge in [0.15, 0.2) is 0 Å². The molecule has 9 heteroatoms. The fourth-order valence-electron chi connectivity index (χ4n) is 3.07. The van der Waals surface area contributed by atoms with E-state index in [4.69, 9.17) is 20.8 Å². The zero-order chi connectivity index (χ0) is 22.8. The number of benzene rings is 2. The maximum Gasteiger partial charge on any atom is 0.339 e. The van der Waals surface area contributed by atoms with Crippen LogP contribution in [-0.4, -0.2) is 29.1 Å². The summed E-state index contributed by atoms with van der Waals surface area (Å²) in [4.78, 5) is 38.5. The number of halogens is 2. The standard InChI is InChI=1S/C23H15ClINO5S/c1-30-22(28)17-10-14(4-8-18(17)24)19-9-7-16(31-19)11-20-21(27)26(23(29)32-20)12-13-2-5-15(25)6-3-13/h2-11H,12H2,1H3/b20-11-. The van der Waals surface area contributed by atoms with Gasteiger partial charge in [-0.1, -0.05) is 23.7 Å². The fourth-order valence-corrected chi connectivity index (χ4v) is 4.44. The first-order chi connectivity index (χ1) is 15.4. The average molecular weight is 580 g/mol. The van der Waals surface area contributed by atoms with Crippen molar-refractivity contribution in [3.05, 3.63) is 85.0 Å². The van der Waals surface area contributed by atoms with E-state index in [2.05, 4.69) is 22.6 Å². The van der Waals surface area contributed by atoms with Gasteiger partial charge in [0, 0.05) is 15.2 Å². The van der Waals surface area contributed by atoms with E-state index in [-0.39, 0.29) is 33.2 Å². The lowest BCUT2D eigenvalue weighted by Gasteiger charge is -2.12. The molecule has 2 heterocycles. The molecule has 0 atom stereocenters. The Kier molecular flexibility index (Phi) is 6.73. The van der Waals surface area contributed by atoms with Gasteiger partial charge in [-0.15, -0.1) is 0 Å². The third-order valence-corrected chi connectivity index (χ3v) is 6.64. The molecule has 0 N–H and O–H groups in total. The predicted octanol–water partition coefficient (Wildman–Crippen LogP) is 6.23. The highest BCUT2D eigenvalue weighted by molar-refractivity contribution is 14.1. The van der Waals surface area contributed by atoms with Crippen LogP contribution in [0.4, 0.5) is 4.79 Å². The topological polar surface area (TPSA) is 76.8 Å². The maximum atomic E-state index is 12.8. The van der Waals surface area contributed by atoms with Crippen LogP contribution in [0.2, 0.25) is 5.02 Å². The largest absolute Gasteiger partial charge is 0.465 e. The van der Waals surface area contributed by atoms with E-state index in [9.17, 15) is 14.4 Å². The van der Waals surface area contributed by atoms with E-state index >= 15 is 0 Å². The van der Waals surface area contributed by atoms with Crippen LogP contribution in [0.25, 0.3) is 17.4 Å². The molecule has 32 heavy (non-hydrogen) atoms. The summed E-state index contributed by atoms with van der Waals surface area (Å²) in [5.41, 5.74) is 1.72. The van der Waals surface area contributed by atoms with Crippen LogP contribution in [0.15, 0.2) is 63.9 Å². The van der Waals surface area contributed by atoms with Crippen molar-refractivity contribution in [3.8, 4) is 11.3 Å². The van der Waals surface area contributed by atoms with Gasteiger partial charge in [-0.2, -0.15) is 0 Å². The van der Waals surface area contributed by atoms with Crippen molar-refractivity contribution in [1.29, 1.82) is 0 Å². The van der Waals surface area contributed by atoms with E-state index < -0.39 is 5.97 Å². The van der Waals surface area contributed by atoms with Gasteiger partial charge in [0.25, 0.3) is 11.1 Å². The van der Waals surface area contributed by atoms with Gasteiger partial charge in [-0.3, -0.25) is 14.5 Å². The van der Waals surface area contributed by atoms with Crippen LogP contribution < -0.4 is 0 Å². The summed E-state index contributed by atoms with van der Waals surface area (Å²) in [5, 5.41) is -0.0545. The minimum Gasteiger partial charge on any atom is -0.465 e. The van der Waals surface area contributed by atoms with E-state index in [1.807, 2.05) is 24.3 Å². The normalized spacial score (nSPS) is 15.0. The molecule has 6 nitrogen and oxygen atoms in total. The molecule has 4 rings (SSSR count). The van der Waals surface area contributed by atoms with Crippen LogP contribution in [0.3, 0.4) is 0 Å². The number of methoxy groups -OCH3 is 1. The first-order valence-electron chi connectivity index (χ1n) is 9.33. The van der Waals surface area contributed by atoms with E-state index in [0.717, 1.165) is 20.9 Å². The highest BCUT2D eigenvalue weighted by atomic mass is 127. The van der Waals surface area contributed by atoms with Crippen molar-refractivity contribution in [2.75, 3.05) is 7.11 Å². The fraction of sp³-hybridized carbons (Fsp3) is 0.0870. The van der Waals surface area contributed by atoms with Crippen molar-refractivity contribution in [1.82, 2.24) is 4.90 Å². The second-order valence-electron chi connectivity index (χ2n) is 6.78. The predicted molar refractivity (Wildman–Crippen MR) is 131 cm³/mol. The first kappa shape index (κ1) is 22.6. The van der Waals surface area contributed by atoms with Crippen molar-refractivity contribution in [2.24, 2.45) is 0 Å². The lowest BCUT2D eigenvalue weighted by molar-refractivity contribution is -0.123. The second-order valence-corrected chi connectivity index (χ2v) is 9.43. The summed E-state index contributed by atoms with van der Waals surface area (Å²) in [6.07, 6.45) is 1.54. The Labute approximate surface area is 206 Å². The molecule has 0 aliphatic carbocycles. The molecule has 162 valence electrons. The molecule has 2 amide bonds. The molecule has 0 radical (unpaired) electrons. The molecule has 0 unspecified atom stereocenters. The van der Waals surface area contributed by atoms with E-state index in [0.29, 0.717) is 17.1 Å². The maximum absolute atomic E-state index is 12.8. The summed E-state index contributed by atoms with van der Waals surface area (Å²) in [6.45, 7) is 0.212. The Hall–Kier alpha value is -2.56. The third-order valence-electron chi connectivity index (χ3n) is 4.68. The number of furan rings is 1. The Morgan fingerprint density at radius 2 is 1.91 bits per heavy atom. The number of carbonyl (C=O) groups is 3. The number of esters is 1. The van der Waals surface area contributed by atoms with E-state index in [1.165, 1.54) is 12.0 Å². The number of hydrogen-bond acceptors (Lipinski definition) is 6. The van der Waals surface area contributed by atoms with Gasteiger partial charge in [0.1, 0.15) is 11.5 Å². The zero-order valence-electron chi connectivity index (χ0n) is 16.6.